The maximum Gasteiger partial charge on any atom is 0.253 e. The molecular weight excluding hydrogens is 379 g/mol. The highest BCUT2D eigenvalue weighted by atomic mass is 35.5. The highest BCUT2D eigenvalue weighted by molar-refractivity contribution is 7.88. The van der Waals surface area contributed by atoms with E-state index in [0.29, 0.717) is 29.2 Å². The summed E-state index contributed by atoms with van der Waals surface area (Å²) in [5.41, 5.74) is 1.02. The fourth-order valence-corrected chi connectivity index (χ4v) is 4.56. The van der Waals surface area contributed by atoms with E-state index in [2.05, 4.69) is 0 Å². The van der Waals surface area contributed by atoms with E-state index in [1.54, 1.807) is 29.2 Å². The predicted molar refractivity (Wildman–Crippen MR) is 98.0 cm³/mol. The number of nitrogens with zero attached hydrogens (tertiary/aromatic N) is 2. The zero-order chi connectivity index (χ0) is 18.7. The summed E-state index contributed by atoms with van der Waals surface area (Å²) < 4.78 is 39.4. The molecule has 1 aliphatic rings. The molecule has 5 nitrogen and oxygen atoms in total. The van der Waals surface area contributed by atoms with Crippen LogP contribution in [-0.2, 0) is 15.8 Å². The van der Waals surface area contributed by atoms with Crippen LogP contribution in [0.3, 0.4) is 0 Å². The van der Waals surface area contributed by atoms with Gasteiger partial charge in [0.2, 0.25) is 10.0 Å². The second-order valence-electron chi connectivity index (χ2n) is 6.08. The number of halogens is 2. The monoisotopic (exact) mass is 396 g/mol. The summed E-state index contributed by atoms with van der Waals surface area (Å²) in [6, 6.07) is 12.1. The molecule has 8 heteroatoms. The number of hydrogen-bond acceptors (Lipinski definition) is 3. The van der Waals surface area contributed by atoms with Gasteiger partial charge in [0, 0.05) is 36.8 Å². The molecule has 0 aromatic heterocycles. The van der Waals surface area contributed by atoms with Crippen molar-refractivity contribution in [1.29, 1.82) is 0 Å². The third-order valence-corrected chi connectivity index (χ3v) is 6.34. The second kappa shape index (κ2) is 7.73. The summed E-state index contributed by atoms with van der Waals surface area (Å²) in [5.74, 6) is -0.752. The molecule has 2 aromatic carbocycles. The standard InChI is InChI=1S/C18H18ClFN2O3S/c19-16-3-1-2-15(12-16)18(23)21-8-10-22(11-9-21)26(24,25)13-14-4-6-17(20)7-5-14/h1-7,12H,8-11,13H2. The number of benzene rings is 2. The van der Waals surface area contributed by atoms with Gasteiger partial charge < -0.3 is 4.90 Å². The quantitative estimate of drug-likeness (QED) is 0.798. The van der Waals surface area contributed by atoms with Gasteiger partial charge in [-0.05, 0) is 35.9 Å². The van der Waals surface area contributed by atoms with E-state index in [-0.39, 0.29) is 24.7 Å². The van der Waals surface area contributed by atoms with Crippen LogP contribution in [0.1, 0.15) is 15.9 Å². The van der Waals surface area contributed by atoms with Crippen molar-refractivity contribution < 1.29 is 17.6 Å². The lowest BCUT2D eigenvalue weighted by Gasteiger charge is -2.34. The Morgan fingerprint density at radius 2 is 1.69 bits per heavy atom. The van der Waals surface area contributed by atoms with Crippen LogP contribution in [0.2, 0.25) is 5.02 Å². The summed E-state index contributed by atoms with van der Waals surface area (Å²) in [7, 11) is -3.52. The number of carbonyl (C=O) groups is 1. The minimum absolute atomic E-state index is 0.164. The Kier molecular flexibility index (Phi) is 5.60. The lowest BCUT2D eigenvalue weighted by molar-refractivity contribution is 0.0698. The minimum Gasteiger partial charge on any atom is -0.336 e. The van der Waals surface area contributed by atoms with Crippen molar-refractivity contribution in [3.8, 4) is 0 Å². The maximum atomic E-state index is 13.0. The van der Waals surface area contributed by atoms with Gasteiger partial charge in [-0.15, -0.1) is 0 Å². The van der Waals surface area contributed by atoms with E-state index in [1.165, 1.54) is 28.6 Å². The molecule has 1 amide bonds. The van der Waals surface area contributed by atoms with Gasteiger partial charge in [-0.3, -0.25) is 4.79 Å². The van der Waals surface area contributed by atoms with Crippen molar-refractivity contribution in [2.75, 3.05) is 26.2 Å². The van der Waals surface area contributed by atoms with Crippen LogP contribution in [0.15, 0.2) is 48.5 Å². The van der Waals surface area contributed by atoms with Crippen LogP contribution in [0.25, 0.3) is 0 Å². The summed E-state index contributed by atoms with van der Waals surface area (Å²) in [6.45, 7) is 1.09. The Balaban J connectivity index is 1.62. The van der Waals surface area contributed by atoms with Gasteiger partial charge in [-0.1, -0.05) is 29.8 Å². The third kappa shape index (κ3) is 4.41. The van der Waals surface area contributed by atoms with Crippen molar-refractivity contribution in [2.24, 2.45) is 0 Å². The smallest absolute Gasteiger partial charge is 0.253 e. The molecule has 0 bridgehead atoms. The third-order valence-electron chi connectivity index (χ3n) is 4.25. The van der Waals surface area contributed by atoms with Gasteiger partial charge >= 0.3 is 0 Å². The van der Waals surface area contributed by atoms with Crippen LogP contribution in [-0.4, -0.2) is 49.7 Å². The molecule has 0 radical (unpaired) electrons. The van der Waals surface area contributed by atoms with Crippen molar-refractivity contribution in [3.05, 3.63) is 70.5 Å². The second-order valence-corrected chi connectivity index (χ2v) is 8.49. The van der Waals surface area contributed by atoms with Gasteiger partial charge in [0.15, 0.2) is 0 Å². The van der Waals surface area contributed by atoms with Crippen LogP contribution in [0, 0.1) is 5.82 Å². The molecule has 3 rings (SSSR count). The van der Waals surface area contributed by atoms with E-state index < -0.39 is 15.8 Å². The molecule has 0 aliphatic carbocycles. The highest BCUT2D eigenvalue weighted by Crippen LogP contribution is 2.17. The molecule has 2 aromatic rings. The predicted octanol–water partition coefficient (Wildman–Crippen LogP) is 2.77. The van der Waals surface area contributed by atoms with Gasteiger partial charge in [0.1, 0.15) is 5.82 Å². The molecule has 1 saturated heterocycles. The zero-order valence-electron chi connectivity index (χ0n) is 13.9. The SMILES string of the molecule is O=C(c1cccc(Cl)c1)N1CCN(S(=O)(=O)Cc2ccc(F)cc2)CC1. The van der Waals surface area contributed by atoms with Crippen molar-refractivity contribution >= 4 is 27.5 Å². The highest BCUT2D eigenvalue weighted by Gasteiger charge is 2.29. The van der Waals surface area contributed by atoms with Crippen molar-refractivity contribution in [1.82, 2.24) is 9.21 Å². The Morgan fingerprint density at radius 3 is 2.31 bits per heavy atom. The largest absolute Gasteiger partial charge is 0.336 e. The fourth-order valence-electron chi connectivity index (χ4n) is 2.86. The topological polar surface area (TPSA) is 57.7 Å². The normalized spacial score (nSPS) is 15.8. The molecule has 1 heterocycles. The first-order valence-corrected chi connectivity index (χ1v) is 10.1. The molecule has 138 valence electrons. The van der Waals surface area contributed by atoms with E-state index in [1.807, 2.05) is 0 Å². The van der Waals surface area contributed by atoms with Gasteiger partial charge in [-0.2, -0.15) is 4.31 Å². The Labute approximate surface area is 157 Å². The van der Waals surface area contributed by atoms with Crippen LogP contribution in [0.4, 0.5) is 4.39 Å². The number of sulfonamides is 1. The Bertz CT molecular complexity index is 895. The van der Waals surface area contributed by atoms with Crippen LogP contribution in [0.5, 0.6) is 0 Å². The first kappa shape index (κ1) is 18.8. The first-order chi connectivity index (χ1) is 12.3. The molecule has 1 fully saturated rings. The lowest BCUT2D eigenvalue weighted by Crippen LogP contribution is -2.50. The molecule has 0 saturated carbocycles. The summed E-state index contributed by atoms with van der Waals surface area (Å²) >= 11 is 5.92. The van der Waals surface area contributed by atoms with E-state index >= 15 is 0 Å². The molecular formula is C18H18ClFN2O3S. The Hall–Kier alpha value is -1.96. The van der Waals surface area contributed by atoms with Crippen LogP contribution >= 0.6 is 11.6 Å². The average Bonchev–Trinajstić information content (AvgIpc) is 2.63. The first-order valence-electron chi connectivity index (χ1n) is 8.12. The zero-order valence-corrected chi connectivity index (χ0v) is 15.5. The molecule has 1 aliphatic heterocycles. The summed E-state index contributed by atoms with van der Waals surface area (Å²) in [5, 5.41) is 0.483. The Morgan fingerprint density at radius 1 is 1.04 bits per heavy atom. The molecule has 0 atom stereocenters. The van der Waals surface area contributed by atoms with E-state index in [0.717, 1.165) is 0 Å². The molecule has 0 unspecified atom stereocenters. The molecule has 0 N–H and O–H groups in total. The molecule has 0 spiro atoms. The summed E-state index contributed by atoms with van der Waals surface area (Å²) in [6.07, 6.45) is 0. The van der Waals surface area contributed by atoms with Crippen molar-refractivity contribution in [3.63, 3.8) is 0 Å². The number of hydrogen-bond donors (Lipinski definition) is 0. The van der Waals surface area contributed by atoms with Gasteiger partial charge in [-0.25, -0.2) is 12.8 Å². The van der Waals surface area contributed by atoms with Gasteiger partial charge in [0.05, 0.1) is 5.75 Å². The number of rotatable bonds is 4. The number of carbonyl (C=O) groups excluding carboxylic acids is 1. The number of amides is 1. The average molecular weight is 397 g/mol. The van der Waals surface area contributed by atoms with E-state index in [9.17, 15) is 17.6 Å². The summed E-state index contributed by atoms with van der Waals surface area (Å²) in [4.78, 5) is 14.1. The van der Waals surface area contributed by atoms with Gasteiger partial charge in [0.25, 0.3) is 5.91 Å². The van der Waals surface area contributed by atoms with E-state index in [4.69, 9.17) is 11.6 Å². The van der Waals surface area contributed by atoms with Crippen LogP contribution < -0.4 is 0 Å². The maximum absolute atomic E-state index is 13.0. The van der Waals surface area contributed by atoms with Crippen molar-refractivity contribution in [2.45, 2.75) is 5.75 Å². The fraction of sp³-hybridized carbons (Fsp3) is 0.278. The minimum atomic E-state index is -3.52. The number of piperazine rings is 1. The molecule has 26 heavy (non-hydrogen) atoms. The lowest BCUT2D eigenvalue weighted by atomic mass is 10.2.